The van der Waals surface area contributed by atoms with Gasteiger partial charge in [0, 0.05) is 0 Å². The van der Waals surface area contributed by atoms with E-state index in [1.54, 1.807) is 6.07 Å². The van der Waals surface area contributed by atoms with Crippen LogP contribution in [0.25, 0.3) is 0 Å². The van der Waals surface area contributed by atoms with Crippen molar-refractivity contribution in [2.45, 2.75) is 6.42 Å². The van der Waals surface area contributed by atoms with Gasteiger partial charge in [-0.25, -0.2) is 4.39 Å². The van der Waals surface area contributed by atoms with Crippen molar-refractivity contribution in [1.82, 2.24) is 0 Å². The highest BCUT2D eigenvalue weighted by molar-refractivity contribution is 9.10. The number of ether oxygens (including phenoxy) is 1. The van der Waals surface area contributed by atoms with E-state index in [1.165, 1.54) is 13.2 Å². The van der Waals surface area contributed by atoms with Crippen molar-refractivity contribution in [1.29, 1.82) is 5.26 Å². The fourth-order valence-corrected chi connectivity index (χ4v) is 1.35. The molecular weight excluding hydrogens is 237 g/mol. The van der Waals surface area contributed by atoms with Crippen molar-refractivity contribution in [3.8, 4) is 11.8 Å². The average Bonchev–Trinajstić information content (AvgIpc) is 2.11. The fraction of sp³-hybridized carbons (Fsp3) is 0.222. The molecule has 13 heavy (non-hydrogen) atoms. The van der Waals surface area contributed by atoms with E-state index >= 15 is 0 Å². The maximum atomic E-state index is 13.1. The summed E-state index contributed by atoms with van der Waals surface area (Å²) in [5, 5.41) is 8.42. The number of rotatable bonds is 2. The molecule has 0 amide bonds. The summed E-state index contributed by atoms with van der Waals surface area (Å²) >= 11 is 3.04. The molecule has 1 rings (SSSR count). The molecule has 1 aromatic carbocycles. The zero-order valence-electron chi connectivity index (χ0n) is 6.97. The maximum Gasteiger partial charge on any atom is 0.141 e. The van der Waals surface area contributed by atoms with Crippen LogP contribution in [-0.2, 0) is 6.42 Å². The molecule has 0 aromatic heterocycles. The lowest BCUT2D eigenvalue weighted by molar-refractivity contribution is 0.407. The Morgan fingerprint density at radius 1 is 1.62 bits per heavy atom. The SMILES string of the molecule is COc1cc(CC#N)cc(F)c1Br. The molecule has 0 aliphatic rings. The van der Waals surface area contributed by atoms with Gasteiger partial charge in [-0.2, -0.15) is 5.26 Å². The molecule has 0 fully saturated rings. The van der Waals surface area contributed by atoms with Crippen molar-refractivity contribution in [3.05, 3.63) is 28.0 Å². The molecule has 0 N–H and O–H groups in total. The van der Waals surface area contributed by atoms with Crippen molar-refractivity contribution < 1.29 is 9.13 Å². The molecule has 0 atom stereocenters. The molecule has 4 heteroatoms. The van der Waals surface area contributed by atoms with Gasteiger partial charge in [0.05, 0.1) is 24.1 Å². The minimum atomic E-state index is -0.412. The standard InChI is InChI=1S/C9H7BrFNO/c1-13-8-5-6(2-3-12)4-7(11)9(8)10/h4-5H,2H2,1H3. The zero-order valence-corrected chi connectivity index (χ0v) is 8.56. The lowest BCUT2D eigenvalue weighted by atomic mass is 10.1. The quantitative estimate of drug-likeness (QED) is 0.801. The summed E-state index contributed by atoms with van der Waals surface area (Å²) in [6, 6.07) is 4.90. The minimum absolute atomic E-state index is 0.181. The van der Waals surface area contributed by atoms with Gasteiger partial charge >= 0.3 is 0 Å². The van der Waals surface area contributed by atoms with Crippen molar-refractivity contribution in [2.24, 2.45) is 0 Å². The molecule has 68 valence electrons. The Balaban J connectivity index is 3.16. The van der Waals surface area contributed by atoms with Crippen molar-refractivity contribution >= 4 is 15.9 Å². The molecule has 0 saturated carbocycles. The first kappa shape index (κ1) is 10.0. The van der Waals surface area contributed by atoms with E-state index in [2.05, 4.69) is 15.9 Å². The monoisotopic (exact) mass is 243 g/mol. The van der Waals surface area contributed by atoms with Gasteiger partial charge in [0.2, 0.25) is 0 Å². The normalized spacial score (nSPS) is 9.38. The third-order valence-corrected chi connectivity index (χ3v) is 2.33. The molecular formula is C9H7BrFNO. The van der Waals surface area contributed by atoms with Gasteiger partial charge in [-0.1, -0.05) is 0 Å². The van der Waals surface area contributed by atoms with Crippen molar-refractivity contribution in [2.75, 3.05) is 7.11 Å². The number of hydrogen-bond donors (Lipinski definition) is 0. The summed E-state index contributed by atoms with van der Waals surface area (Å²) in [5.41, 5.74) is 0.611. The molecule has 0 aliphatic carbocycles. The van der Waals surface area contributed by atoms with Crippen LogP contribution >= 0.6 is 15.9 Å². The van der Waals surface area contributed by atoms with Crippen LogP contribution in [0.5, 0.6) is 5.75 Å². The number of nitrogens with zero attached hydrogens (tertiary/aromatic N) is 1. The van der Waals surface area contributed by atoms with Crippen LogP contribution < -0.4 is 4.74 Å². The first-order valence-electron chi connectivity index (χ1n) is 3.58. The van der Waals surface area contributed by atoms with Crippen LogP contribution in [0, 0.1) is 17.1 Å². The van der Waals surface area contributed by atoms with Gasteiger partial charge in [0.1, 0.15) is 11.6 Å². The molecule has 0 radical (unpaired) electrons. The van der Waals surface area contributed by atoms with Gasteiger partial charge in [0.15, 0.2) is 0 Å². The van der Waals surface area contributed by atoms with E-state index in [0.29, 0.717) is 11.3 Å². The van der Waals surface area contributed by atoms with E-state index in [9.17, 15) is 4.39 Å². The Hall–Kier alpha value is -1.08. The Bertz CT molecular complexity index is 359. The third-order valence-electron chi connectivity index (χ3n) is 1.56. The topological polar surface area (TPSA) is 33.0 Å². The Kier molecular flexibility index (Phi) is 3.26. The molecule has 0 saturated heterocycles. The minimum Gasteiger partial charge on any atom is -0.495 e. The first-order valence-corrected chi connectivity index (χ1v) is 4.37. The predicted octanol–water partition coefficient (Wildman–Crippen LogP) is 2.66. The van der Waals surface area contributed by atoms with E-state index in [4.69, 9.17) is 10.00 Å². The van der Waals surface area contributed by atoms with Gasteiger partial charge < -0.3 is 4.74 Å². The zero-order chi connectivity index (χ0) is 9.84. The largest absolute Gasteiger partial charge is 0.495 e. The smallest absolute Gasteiger partial charge is 0.141 e. The Labute approximate surface area is 84.1 Å². The summed E-state index contributed by atoms with van der Waals surface area (Å²) in [6.07, 6.45) is 0.181. The number of nitriles is 1. The molecule has 0 bridgehead atoms. The second kappa shape index (κ2) is 4.24. The average molecular weight is 244 g/mol. The summed E-state index contributed by atoms with van der Waals surface area (Å²) in [7, 11) is 1.45. The van der Waals surface area contributed by atoms with Gasteiger partial charge in [0.25, 0.3) is 0 Å². The number of benzene rings is 1. The van der Waals surface area contributed by atoms with Crippen LogP contribution in [0.2, 0.25) is 0 Å². The summed E-state index contributed by atoms with van der Waals surface area (Å²) in [6.45, 7) is 0. The molecule has 0 spiro atoms. The molecule has 2 nitrogen and oxygen atoms in total. The van der Waals surface area contributed by atoms with Gasteiger partial charge in [-0.05, 0) is 33.6 Å². The second-order valence-electron chi connectivity index (χ2n) is 2.43. The van der Waals surface area contributed by atoms with Gasteiger partial charge in [-0.15, -0.1) is 0 Å². The molecule has 1 aromatic rings. The summed E-state index contributed by atoms with van der Waals surface area (Å²) in [5.74, 6) is -0.00477. The van der Waals surface area contributed by atoms with Crippen LogP contribution in [0.1, 0.15) is 5.56 Å². The predicted molar refractivity (Wildman–Crippen MR) is 50.0 cm³/mol. The lowest BCUT2D eigenvalue weighted by Gasteiger charge is -2.05. The van der Waals surface area contributed by atoms with Crippen LogP contribution in [0.4, 0.5) is 4.39 Å². The highest BCUT2D eigenvalue weighted by Gasteiger charge is 2.08. The van der Waals surface area contributed by atoms with Crippen LogP contribution in [0.15, 0.2) is 16.6 Å². The second-order valence-corrected chi connectivity index (χ2v) is 3.22. The molecule has 0 aliphatic heterocycles. The molecule has 0 heterocycles. The number of halogens is 2. The third kappa shape index (κ3) is 2.19. The van der Waals surface area contributed by atoms with E-state index < -0.39 is 5.82 Å². The summed E-state index contributed by atoms with van der Waals surface area (Å²) in [4.78, 5) is 0. The Morgan fingerprint density at radius 2 is 2.31 bits per heavy atom. The molecule has 0 unspecified atom stereocenters. The summed E-state index contributed by atoms with van der Waals surface area (Å²) < 4.78 is 18.3. The highest BCUT2D eigenvalue weighted by atomic mass is 79.9. The van der Waals surface area contributed by atoms with Crippen molar-refractivity contribution in [3.63, 3.8) is 0 Å². The maximum absolute atomic E-state index is 13.1. The first-order chi connectivity index (χ1) is 6.19. The number of methoxy groups -OCH3 is 1. The van der Waals surface area contributed by atoms with Crippen LogP contribution in [-0.4, -0.2) is 7.11 Å². The van der Waals surface area contributed by atoms with E-state index in [0.717, 1.165) is 0 Å². The lowest BCUT2D eigenvalue weighted by Crippen LogP contribution is -1.91. The van der Waals surface area contributed by atoms with Crippen LogP contribution in [0.3, 0.4) is 0 Å². The Morgan fingerprint density at radius 3 is 2.85 bits per heavy atom. The van der Waals surface area contributed by atoms with Gasteiger partial charge in [-0.3, -0.25) is 0 Å². The highest BCUT2D eigenvalue weighted by Crippen LogP contribution is 2.29. The van der Waals surface area contributed by atoms with E-state index in [-0.39, 0.29) is 10.9 Å². The van der Waals surface area contributed by atoms with E-state index in [1.807, 2.05) is 6.07 Å². The number of hydrogen-bond acceptors (Lipinski definition) is 2. The fourth-order valence-electron chi connectivity index (χ4n) is 0.959.